The van der Waals surface area contributed by atoms with Crippen LogP contribution in [-0.2, 0) is 0 Å². The molecule has 12 heavy (non-hydrogen) atoms. The Balaban J connectivity index is 4.51. The van der Waals surface area contributed by atoms with Crippen LogP contribution in [0.2, 0.25) is 0 Å². The minimum atomic E-state index is -0.676. The summed E-state index contributed by atoms with van der Waals surface area (Å²) in [7, 11) is 0. The Bertz CT molecular complexity index is 157. The van der Waals surface area contributed by atoms with E-state index in [1.54, 1.807) is 0 Å². The predicted octanol–water partition coefficient (Wildman–Crippen LogP) is 2.41. The second-order valence-electron chi connectivity index (χ2n) is 3.55. The maximum Gasteiger partial charge on any atom is 0.101 e. The van der Waals surface area contributed by atoms with Crippen molar-refractivity contribution in [3.05, 3.63) is 0 Å². The smallest absolute Gasteiger partial charge is 0.101 e. The van der Waals surface area contributed by atoms with E-state index in [1.807, 2.05) is 34.6 Å². The van der Waals surface area contributed by atoms with Crippen molar-refractivity contribution in [3.8, 4) is 0 Å². The lowest BCUT2D eigenvalue weighted by Crippen LogP contribution is -2.35. The van der Waals surface area contributed by atoms with Gasteiger partial charge in [0.15, 0.2) is 0 Å². The fraction of sp³-hybridized carbons (Fsp3) is 0.900. The highest BCUT2D eigenvalue weighted by molar-refractivity contribution is 5.90. The van der Waals surface area contributed by atoms with Gasteiger partial charge in [-0.1, -0.05) is 13.8 Å². The first kappa shape index (κ1) is 11.6. The minimum Gasteiger partial charge on any atom is -0.384 e. The lowest BCUT2D eigenvalue weighted by atomic mass is 9.92. The molecule has 1 N–H and O–H groups in total. The second kappa shape index (κ2) is 4.61. The summed E-state index contributed by atoms with van der Waals surface area (Å²) < 4.78 is 0. The Hall–Kier alpha value is -0.370. The van der Waals surface area contributed by atoms with Crippen LogP contribution in [0.1, 0.15) is 47.5 Å². The molecule has 0 fully saturated rings. The molecule has 0 aliphatic rings. The Morgan fingerprint density at radius 2 is 1.75 bits per heavy atom. The Kier molecular flexibility index (Phi) is 4.46. The van der Waals surface area contributed by atoms with Gasteiger partial charge < -0.3 is 5.11 Å². The van der Waals surface area contributed by atoms with Gasteiger partial charge in [0.2, 0.25) is 0 Å². The van der Waals surface area contributed by atoms with Crippen molar-refractivity contribution in [2.45, 2.75) is 59.1 Å². The lowest BCUT2D eigenvalue weighted by Gasteiger charge is -2.25. The number of nitrogens with zero attached hydrogens (tertiary/aromatic N) is 1. The quantitative estimate of drug-likeness (QED) is 0.647. The summed E-state index contributed by atoms with van der Waals surface area (Å²) in [5, 5.41) is 10.0. The maximum atomic E-state index is 10.0. The maximum absolute atomic E-state index is 10.0. The zero-order chi connectivity index (χ0) is 9.78. The molecule has 0 saturated heterocycles. The van der Waals surface area contributed by atoms with Gasteiger partial charge >= 0.3 is 0 Å². The van der Waals surface area contributed by atoms with Crippen molar-refractivity contribution in [1.82, 2.24) is 0 Å². The molecule has 0 atom stereocenters. The summed E-state index contributed by atoms with van der Waals surface area (Å²) in [6.45, 7) is 9.93. The summed E-state index contributed by atoms with van der Waals surface area (Å²) >= 11 is 0. The van der Waals surface area contributed by atoms with Gasteiger partial charge in [-0.05, 0) is 33.6 Å². The molecule has 0 radical (unpaired) electrons. The van der Waals surface area contributed by atoms with Crippen LogP contribution < -0.4 is 0 Å². The molecule has 0 rings (SSSR count). The molecule has 0 saturated carbocycles. The van der Waals surface area contributed by atoms with Gasteiger partial charge in [-0.15, -0.1) is 0 Å². The molecule has 0 aliphatic carbocycles. The SMILES string of the molecule is CCC(O)(CC)C(C)=NC(C)C. The van der Waals surface area contributed by atoms with E-state index in [0.717, 1.165) is 18.6 Å². The first-order chi connectivity index (χ1) is 5.46. The van der Waals surface area contributed by atoms with E-state index in [1.165, 1.54) is 0 Å². The largest absolute Gasteiger partial charge is 0.384 e. The average Bonchev–Trinajstić information content (AvgIpc) is 2.02. The summed E-state index contributed by atoms with van der Waals surface area (Å²) in [5.74, 6) is 0. The highest BCUT2D eigenvalue weighted by Crippen LogP contribution is 2.17. The van der Waals surface area contributed by atoms with Crippen molar-refractivity contribution < 1.29 is 5.11 Å². The monoisotopic (exact) mass is 171 g/mol. The van der Waals surface area contributed by atoms with Crippen molar-refractivity contribution in [2.75, 3.05) is 0 Å². The highest BCUT2D eigenvalue weighted by atomic mass is 16.3. The molecular formula is C10H21NO. The van der Waals surface area contributed by atoms with Crippen LogP contribution >= 0.6 is 0 Å². The fourth-order valence-corrected chi connectivity index (χ4v) is 1.27. The van der Waals surface area contributed by atoms with Gasteiger partial charge in [0.25, 0.3) is 0 Å². The Morgan fingerprint density at radius 3 is 2.00 bits per heavy atom. The molecule has 0 aromatic heterocycles. The highest BCUT2D eigenvalue weighted by Gasteiger charge is 2.25. The van der Waals surface area contributed by atoms with Gasteiger partial charge in [0, 0.05) is 11.8 Å². The first-order valence-electron chi connectivity index (χ1n) is 4.73. The van der Waals surface area contributed by atoms with Gasteiger partial charge in [-0.2, -0.15) is 0 Å². The molecule has 0 aliphatic heterocycles. The number of rotatable bonds is 4. The molecule has 0 aromatic carbocycles. The van der Waals surface area contributed by atoms with Crippen molar-refractivity contribution in [1.29, 1.82) is 0 Å². The zero-order valence-electron chi connectivity index (χ0n) is 8.89. The molecule has 2 nitrogen and oxygen atoms in total. The molecule has 0 unspecified atom stereocenters. The van der Waals surface area contributed by atoms with Crippen LogP contribution in [0.25, 0.3) is 0 Å². The van der Waals surface area contributed by atoms with Crippen molar-refractivity contribution in [3.63, 3.8) is 0 Å². The van der Waals surface area contributed by atoms with Gasteiger partial charge in [0.1, 0.15) is 5.60 Å². The van der Waals surface area contributed by atoms with Crippen molar-refractivity contribution >= 4 is 5.71 Å². The third kappa shape index (κ3) is 2.94. The predicted molar refractivity (Wildman–Crippen MR) is 53.8 cm³/mol. The number of hydrogen-bond acceptors (Lipinski definition) is 2. The zero-order valence-corrected chi connectivity index (χ0v) is 8.89. The molecular weight excluding hydrogens is 150 g/mol. The third-order valence-corrected chi connectivity index (χ3v) is 2.30. The van der Waals surface area contributed by atoms with Crippen LogP contribution in [0.5, 0.6) is 0 Å². The van der Waals surface area contributed by atoms with Crippen LogP contribution in [0.4, 0.5) is 0 Å². The molecule has 0 aromatic rings. The van der Waals surface area contributed by atoms with E-state index in [2.05, 4.69) is 4.99 Å². The minimum absolute atomic E-state index is 0.273. The van der Waals surface area contributed by atoms with E-state index < -0.39 is 5.60 Å². The van der Waals surface area contributed by atoms with E-state index in [9.17, 15) is 5.11 Å². The summed E-state index contributed by atoms with van der Waals surface area (Å²) in [4.78, 5) is 4.36. The average molecular weight is 171 g/mol. The Labute approximate surface area is 75.7 Å². The molecule has 0 amide bonds. The summed E-state index contributed by atoms with van der Waals surface area (Å²) in [6, 6.07) is 0.273. The Morgan fingerprint density at radius 1 is 1.33 bits per heavy atom. The van der Waals surface area contributed by atoms with Crippen LogP contribution in [-0.4, -0.2) is 22.5 Å². The molecule has 72 valence electrons. The van der Waals surface area contributed by atoms with E-state index in [4.69, 9.17) is 0 Å². The van der Waals surface area contributed by atoms with E-state index in [-0.39, 0.29) is 6.04 Å². The normalized spacial score (nSPS) is 14.1. The standard InChI is InChI=1S/C10H21NO/c1-6-10(12,7-2)9(5)11-8(3)4/h8,12H,6-7H2,1-5H3. The van der Waals surface area contributed by atoms with Gasteiger partial charge in [-0.25, -0.2) is 0 Å². The second-order valence-corrected chi connectivity index (χ2v) is 3.55. The molecule has 0 spiro atoms. The number of aliphatic hydroxyl groups is 1. The van der Waals surface area contributed by atoms with Gasteiger partial charge in [-0.3, -0.25) is 4.99 Å². The van der Waals surface area contributed by atoms with Crippen LogP contribution in [0.15, 0.2) is 4.99 Å². The molecule has 0 heterocycles. The van der Waals surface area contributed by atoms with Crippen LogP contribution in [0.3, 0.4) is 0 Å². The lowest BCUT2D eigenvalue weighted by molar-refractivity contribution is 0.102. The summed E-state index contributed by atoms with van der Waals surface area (Å²) in [6.07, 6.45) is 1.48. The topological polar surface area (TPSA) is 32.6 Å². The molecule has 2 heteroatoms. The van der Waals surface area contributed by atoms with E-state index in [0.29, 0.717) is 0 Å². The summed E-state index contributed by atoms with van der Waals surface area (Å²) in [5.41, 5.74) is 0.187. The molecule has 0 bridgehead atoms. The van der Waals surface area contributed by atoms with Crippen molar-refractivity contribution in [2.24, 2.45) is 4.99 Å². The number of hydrogen-bond donors (Lipinski definition) is 1. The van der Waals surface area contributed by atoms with Gasteiger partial charge in [0.05, 0.1) is 0 Å². The van der Waals surface area contributed by atoms with E-state index >= 15 is 0 Å². The number of aliphatic imine (C=N–C) groups is 1. The van der Waals surface area contributed by atoms with Crippen LogP contribution in [0, 0.1) is 0 Å². The fourth-order valence-electron chi connectivity index (χ4n) is 1.27. The first-order valence-corrected chi connectivity index (χ1v) is 4.73. The third-order valence-electron chi connectivity index (χ3n) is 2.30.